The highest BCUT2D eigenvalue weighted by Gasteiger charge is 2.13. The maximum atomic E-state index is 12.2. The standard InChI is InChI=1S/C12H13N5OS/c1-3-8-7(2)19-12-10(8)11(18)14-9(15-12)6-17-5-4-13-16-17/h4-5H,3,6H2,1-2H3,(H,14,15,18). The van der Waals surface area contributed by atoms with E-state index in [1.165, 1.54) is 0 Å². The normalized spacial score (nSPS) is 11.3. The number of hydrogen-bond donors (Lipinski definition) is 1. The van der Waals surface area contributed by atoms with Gasteiger partial charge in [0.15, 0.2) is 0 Å². The lowest BCUT2D eigenvalue weighted by atomic mass is 10.1. The van der Waals surface area contributed by atoms with Gasteiger partial charge in [0.25, 0.3) is 5.56 Å². The van der Waals surface area contributed by atoms with Crippen LogP contribution in [0.3, 0.4) is 0 Å². The summed E-state index contributed by atoms with van der Waals surface area (Å²) in [4.78, 5) is 21.5. The highest BCUT2D eigenvalue weighted by molar-refractivity contribution is 7.18. The molecule has 0 spiro atoms. The molecule has 0 aliphatic heterocycles. The topological polar surface area (TPSA) is 76.5 Å². The summed E-state index contributed by atoms with van der Waals surface area (Å²) in [5.74, 6) is 0.604. The van der Waals surface area contributed by atoms with Crippen LogP contribution < -0.4 is 5.56 Å². The third kappa shape index (κ3) is 2.06. The fourth-order valence-electron chi connectivity index (χ4n) is 2.19. The van der Waals surface area contributed by atoms with Crippen molar-refractivity contribution < 1.29 is 0 Å². The molecule has 3 aromatic heterocycles. The SMILES string of the molecule is CCc1c(C)sc2nc(Cn3ccnn3)[nH]c(=O)c12. The Morgan fingerprint density at radius 2 is 2.32 bits per heavy atom. The molecule has 0 saturated heterocycles. The van der Waals surface area contributed by atoms with Gasteiger partial charge < -0.3 is 4.98 Å². The molecule has 0 radical (unpaired) electrons. The minimum absolute atomic E-state index is 0.0682. The van der Waals surface area contributed by atoms with Gasteiger partial charge in [-0.1, -0.05) is 12.1 Å². The fourth-order valence-corrected chi connectivity index (χ4v) is 3.32. The molecule has 0 unspecified atom stereocenters. The minimum Gasteiger partial charge on any atom is -0.308 e. The Bertz CT molecular complexity index is 771. The third-order valence-corrected chi connectivity index (χ3v) is 4.09. The molecule has 7 heteroatoms. The Kier molecular flexibility index (Phi) is 2.90. The summed E-state index contributed by atoms with van der Waals surface area (Å²) in [5.41, 5.74) is 1.03. The number of rotatable bonds is 3. The average Bonchev–Trinajstić information content (AvgIpc) is 2.96. The maximum Gasteiger partial charge on any atom is 0.259 e. The van der Waals surface area contributed by atoms with Gasteiger partial charge in [-0.15, -0.1) is 16.4 Å². The summed E-state index contributed by atoms with van der Waals surface area (Å²) in [5, 5.41) is 8.33. The number of hydrogen-bond acceptors (Lipinski definition) is 5. The lowest BCUT2D eigenvalue weighted by Crippen LogP contribution is -2.14. The van der Waals surface area contributed by atoms with E-state index in [0.717, 1.165) is 27.1 Å². The van der Waals surface area contributed by atoms with Gasteiger partial charge in [0.05, 0.1) is 11.6 Å². The number of nitrogens with one attached hydrogen (secondary N) is 1. The van der Waals surface area contributed by atoms with Crippen molar-refractivity contribution in [3.05, 3.63) is 39.0 Å². The second kappa shape index (κ2) is 4.58. The Hall–Kier alpha value is -2.02. The van der Waals surface area contributed by atoms with E-state index in [4.69, 9.17) is 0 Å². The van der Waals surface area contributed by atoms with Crippen molar-refractivity contribution in [1.29, 1.82) is 0 Å². The number of aryl methyl sites for hydroxylation is 2. The van der Waals surface area contributed by atoms with E-state index >= 15 is 0 Å². The number of aromatic amines is 1. The molecule has 0 saturated carbocycles. The molecular weight excluding hydrogens is 262 g/mol. The summed E-state index contributed by atoms with van der Waals surface area (Å²) in [7, 11) is 0. The van der Waals surface area contributed by atoms with E-state index < -0.39 is 0 Å². The predicted octanol–water partition coefficient (Wildman–Crippen LogP) is 1.50. The van der Waals surface area contributed by atoms with E-state index in [-0.39, 0.29) is 5.56 Å². The van der Waals surface area contributed by atoms with Crippen LogP contribution in [0.15, 0.2) is 17.2 Å². The quantitative estimate of drug-likeness (QED) is 0.785. The van der Waals surface area contributed by atoms with Gasteiger partial charge in [0.1, 0.15) is 17.2 Å². The van der Waals surface area contributed by atoms with Crippen molar-refractivity contribution in [2.45, 2.75) is 26.8 Å². The molecule has 0 atom stereocenters. The largest absolute Gasteiger partial charge is 0.308 e. The van der Waals surface area contributed by atoms with Crippen molar-refractivity contribution in [3.63, 3.8) is 0 Å². The fraction of sp³-hybridized carbons (Fsp3) is 0.333. The molecule has 0 aliphatic carbocycles. The van der Waals surface area contributed by atoms with Crippen molar-refractivity contribution >= 4 is 21.6 Å². The van der Waals surface area contributed by atoms with E-state index in [1.807, 2.05) is 6.92 Å². The van der Waals surface area contributed by atoms with Gasteiger partial charge in [0.2, 0.25) is 0 Å². The molecule has 98 valence electrons. The van der Waals surface area contributed by atoms with Gasteiger partial charge in [-0.2, -0.15) is 0 Å². The number of thiophene rings is 1. The summed E-state index contributed by atoms with van der Waals surface area (Å²) in [6.07, 6.45) is 4.18. The smallest absolute Gasteiger partial charge is 0.259 e. The van der Waals surface area contributed by atoms with Crippen LogP contribution in [0.2, 0.25) is 0 Å². The Labute approximate surface area is 113 Å². The molecule has 1 N–H and O–H groups in total. The van der Waals surface area contributed by atoms with Crippen molar-refractivity contribution in [2.75, 3.05) is 0 Å². The molecular formula is C12H13N5OS. The second-order valence-corrected chi connectivity index (χ2v) is 5.49. The van der Waals surface area contributed by atoms with Gasteiger partial charge in [-0.25, -0.2) is 9.67 Å². The van der Waals surface area contributed by atoms with Crippen LogP contribution in [0.1, 0.15) is 23.2 Å². The predicted molar refractivity (Wildman–Crippen MR) is 73.5 cm³/mol. The van der Waals surface area contributed by atoms with Crippen molar-refractivity contribution in [2.24, 2.45) is 0 Å². The van der Waals surface area contributed by atoms with Gasteiger partial charge in [-0.05, 0) is 18.9 Å². The summed E-state index contributed by atoms with van der Waals surface area (Å²) in [6, 6.07) is 0. The van der Waals surface area contributed by atoms with Gasteiger partial charge in [0, 0.05) is 11.1 Å². The molecule has 19 heavy (non-hydrogen) atoms. The first-order chi connectivity index (χ1) is 9.19. The molecule has 3 aromatic rings. The molecule has 0 fully saturated rings. The van der Waals surface area contributed by atoms with E-state index in [9.17, 15) is 4.79 Å². The van der Waals surface area contributed by atoms with E-state index in [2.05, 4.69) is 27.2 Å². The van der Waals surface area contributed by atoms with Crippen molar-refractivity contribution in [3.8, 4) is 0 Å². The summed E-state index contributed by atoms with van der Waals surface area (Å²) < 4.78 is 1.63. The Balaban J connectivity index is 2.12. The zero-order valence-corrected chi connectivity index (χ0v) is 11.5. The van der Waals surface area contributed by atoms with Crippen LogP contribution in [0.4, 0.5) is 0 Å². The number of aromatic nitrogens is 5. The molecule has 6 nitrogen and oxygen atoms in total. The molecule has 0 bridgehead atoms. The minimum atomic E-state index is -0.0682. The molecule has 0 amide bonds. The van der Waals surface area contributed by atoms with E-state index in [0.29, 0.717) is 12.4 Å². The zero-order valence-electron chi connectivity index (χ0n) is 10.7. The third-order valence-electron chi connectivity index (χ3n) is 3.05. The highest BCUT2D eigenvalue weighted by Crippen LogP contribution is 2.27. The Morgan fingerprint density at radius 1 is 1.47 bits per heavy atom. The lowest BCUT2D eigenvalue weighted by Gasteiger charge is -2.01. The first-order valence-electron chi connectivity index (χ1n) is 6.04. The lowest BCUT2D eigenvalue weighted by molar-refractivity contribution is 0.625. The highest BCUT2D eigenvalue weighted by atomic mass is 32.1. The van der Waals surface area contributed by atoms with Crippen LogP contribution in [0.5, 0.6) is 0 Å². The Morgan fingerprint density at radius 3 is 3.00 bits per heavy atom. The molecule has 3 heterocycles. The molecule has 0 aromatic carbocycles. The van der Waals surface area contributed by atoms with Crippen LogP contribution in [0.25, 0.3) is 10.2 Å². The maximum absolute atomic E-state index is 12.2. The molecule has 0 aliphatic rings. The summed E-state index contributed by atoms with van der Waals surface area (Å²) in [6.45, 7) is 4.50. The van der Waals surface area contributed by atoms with Gasteiger partial charge >= 0.3 is 0 Å². The van der Waals surface area contributed by atoms with Crippen LogP contribution in [-0.4, -0.2) is 25.0 Å². The average molecular weight is 275 g/mol. The van der Waals surface area contributed by atoms with Crippen LogP contribution >= 0.6 is 11.3 Å². The van der Waals surface area contributed by atoms with E-state index in [1.54, 1.807) is 28.4 Å². The number of fused-ring (bicyclic) bond motifs is 1. The van der Waals surface area contributed by atoms with Crippen LogP contribution in [-0.2, 0) is 13.0 Å². The number of nitrogens with zero attached hydrogens (tertiary/aromatic N) is 4. The molecule has 3 rings (SSSR count). The summed E-state index contributed by atoms with van der Waals surface area (Å²) >= 11 is 1.57. The first kappa shape index (κ1) is 12.0. The van der Waals surface area contributed by atoms with Gasteiger partial charge in [-0.3, -0.25) is 4.79 Å². The monoisotopic (exact) mass is 275 g/mol. The second-order valence-electron chi connectivity index (χ2n) is 4.28. The van der Waals surface area contributed by atoms with Crippen LogP contribution in [0, 0.1) is 6.92 Å². The first-order valence-corrected chi connectivity index (χ1v) is 6.86. The number of H-pyrrole nitrogens is 1. The van der Waals surface area contributed by atoms with Crippen molar-refractivity contribution in [1.82, 2.24) is 25.0 Å². The zero-order chi connectivity index (χ0) is 13.4.